The second-order valence-electron chi connectivity index (χ2n) is 10.9. The predicted octanol–water partition coefficient (Wildman–Crippen LogP) is 5.34. The first-order valence-corrected chi connectivity index (χ1v) is 14.1. The van der Waals surface area contributed by atoms with Gasteiger partial charge in [-0.25, -0.2) is 13.8 Å². The van der Waals surface area contributed by atoms with Gasteiger partial charge in [0.15, 0.2) is 5.82 Å². The number of nitrogens with one attached hydrogen (secondary N) is 1. The fourth-order valence-electron chi connectivity index (χ4n) is 5.74. The van der Waals surface area contributed by atoms with Crippen LogP contribution in [0.2, 0.25) is 0 Å². The van der Waals surface area contributed by atoms with Gasteiger partial charge in [-0.1, -0.05) is 12.1 Å². The fraction of sp³-hybridized carbons (Fsp3) is 0.552. The van der Waals surface area contributed by atoms with Gasteiger partial charge in [-0.15, -0.1) is 0 Å². The minimum Gasteiger partial charge on any atom is -0.516 e. The number of fused-ring (bicyclic) bond motifs is 1. The molecule has 0 radical (unpaired) electrons. The second kappa shape index (κ2) is 12.5. The molecule has 3 aromatic rings. The summed E-state index contributed by atoms with van der Waals surface area (Å²) >= 11 is 0. The van der Waals surface area contributed by atoms with Crippen molar-refractivity contribution in [1.29, 1.82) is 0 Å². The van der Waals surface area contributed by atoms with Crippen molar-refractivity contribution in [3.8, 4) is 5.82 Å². The molecule has 216 valence electrons. The standard InChI is InChI=1S/C29H39F2N7O2/c1-19(18-39)20(2)36(3)22-10-8-21(9-11-22)17-32-29-34-25(37-12-14-40-15-13-37)16-26(35-29)38-24-7-5-4-6-23(24)33-28(38)27(30)31/h4-7,16,18,20-22,27,39H,8-15,17H2,1-3H3,(H,32,34,35)/b19-18+/t20?,21-,22-. The van der Waals surface area contributed by atoms with Crippen LogP contribution >= 0.6 is 0 Å². The van der Waals surface area contributed by atoms with Crippen molar-refractivity contribution in [2.75, 3.05) is 50.1 Å². The Morgan fingerprint density at radius 1 is 1.12 bits per heavy atom. The van der Waals surface area contributed by atoms with Crippen molar-refractivity contribution in [3.63, 3.8) is 0 Å². The summed E-state index contributed by atoms with van der Waals surface area (Å²) in [5.41, 5.74) is 2.04. The highest BCUT2D eigenvalue weighted by Gasteiger charge is 2.28. The average molecular weight is 556 g/mol. The lowest BCUT2D eigenvalue weighted by Gasteiger charge is -2.38. The summed E-state index contributed by atoms with van der Waals surface area (Å²) in [7, 11) is 2.13. The van der Waals surface area contributed by atoms with E-state index < -0.39 is 6.43 Å². The Kier molecular flexibility index (Phi) is 8.80. The van der Waals surface area contributed by atoms with E-state index in [1.807, 2.05) is 13.0 Å². The first kappa shape index (κ1) is 28.2. The summed E-state index contributed by atoms with van der Waals surface area (Å²) in [6, 6.07) is 9.55. The summed E-state index contributed by atoms with van der Waals surface area (Å²) in [5, 5.41) is 12.8. The zero-order chi connectivity index (χ0) is 28.2. The summed E-state index contributed by atoms with van der Waals surface area (Å²) in [6.07, 6.45) is 2.73. The molecular formula is C29H39F2N7O2. The lowest BCUT2D eigenvalue weighted by atomic mass is 9.84. The summed E-state index contributed by atoms with van der Waals surface area (Å²) in [4.78, 5) is 18.2. The molecular weight excluding hydrogens is 516 g/mol. The smallest absolute Gasteiger partial charge is 0.296 e. The van der Waals surface area contributed by atoms with Crippen LogP contribution in [0, 0.1) is 5.92 Å². The van der Waals surface area contributed by atoms with Crippen LogP contribution in [0.15, 0.2) is 42.2 Å². The van der Waals surface area contributed by atoms with E-state index in [2.05, 4.69) is 34.1 Å². The fourth-order valence-corrected chi connectivity index (χ4v) is 5.74. The molecule has 1 aliphatic heterocycles. The Balaban J connectivity index is 1.36. The number of aliphatic hydroxyl groups excluding tert-OH is 1. The molecule has 2 aliphatic rings. The number of para-hydroxylation sites is 2. The average Bonchev–Trinajstić information content (AvgIpc) is 3.40. The van der Waals surface area contributed by atoms with Crippen molar-refractivity contribution in [1.82, 2.24) is 24.4 Å². The molecule has 11 heteroatoms. The van der Waals surface area contributed by atoms with Crippen molar-refractivity contribution in [3.05, 3.63) is 48.0 Å². The van der Waals surface area contributed by atoms with E-state index >= 15 is 0 Å². The van der Waals surface area contributed by atoms with Crippen LogP contribution in [0.5, 0.6) is 0 Å². The molecule has 2 aromatic heterocycles. The molecule has 1 aromatic carbocycles. The Morgan fingerprint density at radius 3 is 2.52 bits per heavy atom. The number of rotatable bonds is 9. The number of aliphatic hydroxyl groups is 1. The van der Waals surface area contributed by atoms with E-state index in [1.165, 1.54) is 10.8 Å². The van der Waals surface area contributed by atoms with Crippen LogP contribution in [-0.2, 0) is 4.74 Å². The molecule has 5 rings (SSSR count). The summed E-state index contributed by atoms with van der Waals surface area (Å²) < 4.78 is 35.2. The molecule has 40 heavy (non-hydrogen) atoms. The van der Waals surface area contributed by atoms with Crippen LogP contribution in [0.4, 0.5) is 20.5 Å². The van der Waals surface area contributed by atoms with Crippen LogP contribution in [-0.4, -0.2) is 81.5 Å². The zero-order valence-electron chi connectivity index (χ0n) is 23.4. The maximum Gasteiger partial charge on any atom is 0.296 e. The number of hydrogen-bond acceptors (Lipinski definition) is 8. The van der Waals surface area contributed by atoms with E-state index in [0.29, 0.717) is 73.4 Å². The lowest BCUT2D eigenvalue weighted by Crippen LogP contribution is -2.42. The van der Waals surface area contributed by atoms with Crippen molar-refractivity contribution in [2.24, 2.45) is 5.92 Å². The molecule has 2 N–H and O–H groups in total. The normalized spacial score (nSPS) is 21.4. The highest BCUT2D eigenvalue weighted by atomic mass is 19.3. The zero-order valence-corrected chi connectivity index (χ0v) is 23.4. The van der Waals surface area contributed by atoms with Gasteiger partial charge < -0.3 is 20.1 Å². The van der Waals surface area contributed by atoms with Crippen LogP contribution in [0.1, 0.15) is 51.8 Å². The van der Waals surface area contributed by atoms with Gasteiger partial charge in [-0.05, 0) is 70.2 Å². The molecule has 0 bridgehead atoms. The molecule has 0 amide bonds. The monoisotopic (exact) mass is 555 g/mol. The minimum absolute atomic E-state index is 0.191. The van der Waals surface area contributed by atoms with Gasteiger partial charge in [0.1, 0.15) is 11.6 Å². The molecule has 3 heterocycles. The van der Waals surface area contributed by atoms with Gasteiger partial charge in [0.2, 0.25) is 5.95 Å². The molecule has 0 spiro atoms. The summed E-state index contributed by atoms with van der Waals surface area (Å²) in [5.74, 6) is 1.60. The van der Waals surface area contributed by atoms with E-state index in [9.17, 15) is 13.9 Å². The molecule has 1 saturated heterocycles. The Hall–Kier alpha value is -3.31. The maximum atomic E-state index is 14.1. The molecule has 1 unspecified atom stereocenters. The highest BCUT2D eigenvalue weighted by Crippen LogP contribution is 2.31. The van der Waals surface area contributed by atoms with Crippen LogP contribution < -0.4 is 10.2 Å². The predicted molar refractivity (Wildman–Crippen MR) is 152 cm³/mol. The third kappa shape index (κ3) is 6.05. The van der Waals surface area contributed by atoms with Crippen molar-refractivity contribution < 1.29 is 18.6 Å². The van der Waals surface area contributed by atoms with Gasteiger partial charge in [0, 0.05) is 37.8 Å². The number of morpholine rings is 1. The number of nitrogens with zero attached hydrogens (tertiary/aromatic N) is 6. The van der Waals surface area contributed by atoms with E-state index in [1.54, 1.807) is 24.3 Å². The Bertz CT molecular complexity index is 1320. The Morgan fingerprint density at radius 2 is 1.82 bits per heavy atom. The molecule has 2 fully saturated rings. The van der Waals surface area contributed by atoms with Gasteiger partial charge in [0.05, 0.1) is 30.5 Å². The van der Waals surface area contributed by atoms with Gasteiger partial charge in [0.25, 0.3) is 6.43 Å². The van der Waals surface area contributed by atoms with Crippen LogP contribution in [0.25, 0.3) is 16.9 Å². The van der Waals surface area contributed by atoms with E-state index in [4.69, 9.17) is 14.7 Å². The molecule has 9 nitrogen and oxygen atoms in total. The van der Waals surface area contributed by atoms with E-state index in [0.717, 1.165) is 31.3 Å². The lowest BCUT2D eigenvalue weighted by molar-refractivity contribution is 0.122. The first-order valence-electron chi connectivity index (χ1n) is 14.1. The third-order valence-corrected chi connectivity index (χ3v) is 8.46. The molecule has 1 saturated carbocycles. The van der Waals surface area contributed by atoms with Gasteiger partial charge in [-0.3, -0.25) is 9.47 Å². The van der Waals surface area contributed by atoms with E-state index in [-0.39, 0.29) is 11.9 Å². The second-order valence-corrected chi connectivity index (χ2v) is 10.9. The van der Waals surface area contributed by atoms with Crippen LogP contribution in [0.3, 0.4) is 0 Å². The summed E-state index contributed by atoms with van der Waals surface area (Å²) in [6.45, 7) is 7.29. The minimum atomic E-state index is -2.75. The SMILES string of the molecule is C/C(=C\O)C(C)N(C)[C@H]1CC[C@H](CNc2nc(N3CCOCC3)cc(-n3c(C(F)F)nc4ccccc43)n2)CC1. The maximum absolute atomic E-state index is 14.1. The highest BCUT2D eigenvalue weighted by molar-refractivity contribution is 5.78. The number of hydrogen-bond donors (Lipinski definition) is 2. The largest absolute Gasteiger partial charge is 0.516 e. The number of likely N-dealkylation sites (N-methyl/N-ethyl adjacent to an activating group) is 1. The topological polar surface area (TPSA) is 91.6 Å². The number of benzene rings is 1. The number of ether oxygens (including phenoxy) is 1. The number of alkyl halides is 2. The molecule has 1 aliphatic carbocycles. The number of aromatic nitrogens is 4. The number of anilines is 2. The van der Waals surface area contributed by atoms with Crippen molar-refractivity contribution >= 4 is 22.8 Å². The van der Waals surface area contributed by atoms with Crippen molar-refractivity contribution in [2.45, 2.75) is 58.0 Å². The number of halogens is 2. The number of imidazole rings is 1. The van der Waals surface area contributed by atoms with Gasteiger partial charge in [-0.2, -0.15) is 9.97 Å². The third-order valence-electron chi connectivity index (χ3n) is 8.46. The van der Waals surface area contributed by atoms with Gasteiger partial charge >= 0.3 is 0 Å². The Labute approximate surface area is 233 Å². The first-order chi connectivity index (χ1) is 19.4. The molecule has 1 atom stereocenters. The quantitative estimate of drug-likeness (QED) is 0.342.